The zero-order valence-electron chi connectivity index (χ0n) is 36.3. The number of hydrogen-bond acceptors (Lipinski definition) is 14. The van der Waals surface area contributed by atoms with Gasteiger partial charge in [-0.05, 0) is 67.9 Å². The number of aliphatic hydroxyl groups is 1. The van der Waals surface area contributed by atoms with Gasteiger partial charge < -0.3 is 25.5 Å². The van der Waals surface area contributed by atoms with Crippen LogP contribution in [0.5, 0.6) is 23.0 Å². The third-order valence-corrected chi connectivity index (χ3v) is 8.83. The predicted molar refractivity (Wildman–Crippen MR) is 257 cm³/mol. The molecule has 330 valence electrons. The lowest BCUT2D eigenvalue weighted by atomic mass is 10.1. The molecule has 0 radical (unpaired) electrons. The average molecular weight is 871 g/mol. The first kappa shape index (κ1) is 47.6. The van der Waals surface area contributed by atoms with E-state index in [0.29, 0.717) is 29.3 Å². The molecule has 6 aromatic carbocycles. The van der Waals surface area contributed by atoms with Gasteiger partial charge in [-0.3, -0.25) is 9.80 Å². The molecule has 2 heterocycles. The zero-order chi connectivity index (χ0) is 46.7. The Bertz CT molecular complexity index is 2640. The third kappa shape index (κ3) is 14.6. The van der Waals surface area contributed by atoms with Crippen LogP contribution in [0.2, 0.25) is 0 Å². The van der Waals surface area contributed by atoms with Crippen molar-refractivity contribution in [2.45, 2.75) is 20.0 Å². The Morgan fingerprint density at radius 3 is 1.14 bits per heavy atom. The van der Waals surface area contributed by atoms with E-state index in [1.165, 1.54) is 35.3 Å². The summed E-state index contributed by atoms with van der Waals surface area (Å²) in [7, 11) is 3.49. The van der Waals surface area contributed by atoms with E-state index >= 15 is 0 Å². The lowest BCUT2D eigenvalue weighted by Gasteiger charge is -2.14. The topological polar surface area (TPSA) is 215 Å². The number of rotatable bonds is 9. The van der Waals surface area contributed by atoms with Crippen LogP contribution in [0.3, 0.4) is 0 Å². The van der Waals surface area contributed by atoms with Crippen LogP contribution in [0.1, 0.15) is 29.8 Å². The van der Waals surface area contributed by atoms with Crippen LogP contribution < -0.4 is 15.9 Å². The minimum absolute atomic E-state index is 0.167. The summed E-state index contributed by atoms with van der Waals surface area (Å²) in [5.41, 5.74) is 8.34. The SMILES string of the molecule is CC(C)O.CN(/N=C\c1ccc(O)c(O)c1)c1nc(-c2ccccc2)cc(-c2ccccc2)n1.CN(N)c1nc(-c2ccccc2)cc(-c2ccccc2)n1.O=Cc1ccc(O)c(O)c1. The van der Waals surface area contributed by atoms with Crippen LogP contribution >= 0.6 is 0 Å². The van der Waals surface area contributed by atoms with Crippen LogP contribution in [-0.4, -0.2) is 78.2 Å². The molecule has 0 unspecified atom stereocenters. The molecule has 14 heteroatoms. The Hall–Kier alpha value is -8.46. The van der Waals surface area contributed by atoms with E-state index in [0.717, 1.165) is 45.0 Å². The highest BCUT2D eigenvalue weighted by molar-refractivity contribution is 5.81. The average Bonchev–Trinajstić information content (AvgIpc) is 3.33. The van der Waals surface area contributed by atoms with Gasteiger partial charge in [-0.25, -0.2) is 30.8 Å². The molecule has 8 aromatic rings. The van der Waals surface area contributed by atoms with Crippen molar-refractivity contribution >= 4 is 24.4 Å². The first-order valence-corrected chi connectivity index (χ1v) is 20.2. The maximum absolute atomic E-state index is 10.1. The molecule has 14 nitrogen and oxygen atoms in total. The molecule has 8 rings (SSSR count). The quantitative estimate of drug-likeness (QED) is 0.0263. The lowest BCUT2D eigenvalue weighted by Crippen LogP contribution is -2.27. The fraction of sp³-hybridized carbons (Fsp3) is 0.0980. The van der Waals surface area contributed by atoms with Gasteiger partial charge in [0.2, 0.25) is 11.9 Å². The Morgan fingerprint density at radius 2 is 0.815 bits per heavy atom. The molecule has 0 saturated carbocycles. The van der Waals surface area contributed by atoms with Crippen LogP contribution in [0.4, 0.5) is 11.9 Å². The van der Waals surface area contributed by atoms with Crippen molar-refractivity contribution in [3.63, 3.8) is 0 Å². The number of aliphatic hydroxyl groups excluding tert-OH is 1. The van der Waals surface area contributed by atoms with Crippen molar-refractivity contribution in [1.82, 2.24) is 19.9 Å². The second-order valence-corrected chi connectivity index (χ2v) is 14.4. The number of aldehydes is 1. The molecule has 2 aromatic heterocycles. The molecule has 0 spiro atoms. The van der Waals surface area contributed by atoms with Gasteiger partial charge in [-0.2, -0.15) is 5.10 Å². The number of phenols is 4. The van der Waals surface area contributed by atoms with E-state index < -0.39 is 0 Å². The lowest BCUT2D eigenvalue weighted by molar-refractivity contribution is 0.112. The monoisotopic (exact) mass is 870 g/mol. The van der Waals surface area contributed by atoms with Crippen LogP contribution in [-0.2, 0) is 0 Å². The number of nitrogens with two attached hydrogens (primary N) is 1. The Kier molecular flexibility index (Phi) is 17.3. The van der Waals surface area contributed by atoms with Gasteiger partial charge in [-0.15, -0.1) is 0 Å². The number of benzene rings is 6. The van der Waals surface area contributed by atoms with Crippen molar-refractivity contribution < 1.29 is 30.3 Å². The summed E-state index contributed by atoms with van der Waals surface area (Å²) in [6.07, 6.45) is 2.00. The molecular formula is C51H50N8O6. The number of nitrogens with zero attached hydrogens (tertiary/aromatic N) is 7. The Balaban J connectivity index is 0.000000195. The van der Waals surface area contributed by atoms with E-state index in [9.17, 15) is 15.0 Å². The minimum atomic E-state index is -0.274. The number of hydrazine groups is 1. The Morgan fingerprint density at radius 1 is 0.492 bits per heavy atom. The van der Waals surface area contributed by atoms with Crippen molar-refractivity contribution in [1.29, 1.82) is 0 Å². The number of hydrogen-bond donors (Lipinski definition) is 6. The molecule has 0 amide bonds. The molecule has 0 atom stereocenters. The number of hydrazone groups is 1. The predicted octanol–water partition coefficient (Wildman–Crippen LogP) is 9.11. The normalized spacial score (nSPS) is 10.4. The molecule has 0 aliphatic heterocycles. The summed E-state index contributed by atoms with van der Waals surface area (Å²) in [4.78, 5) is 28.5. The van der Waals surface area contributed by atoms with E-state index in [2.05, 4.69) is 25.0 Å². The first-order valence-electron chi connectivity index (χ1n) is 20.2. The fourth-order valence-corrected chi connectivity index (χ4v) is 5.64. The molecule has 7 N–H and O–H groups in total. The van der Waals surface area contributed by atoms with Gasteiger partial charge in [0.25, 0.3) is 0 Å². The van der Waals surface area contributed by atoms with Gasteiger partial charge in [0.1, 0.15) is 6.29 Å². The number of anilines is 2. The second-order valence-electron chi connectivity index (χ2n) is 14.4. The fourth-order valence-electron chi connectivity index (χ4n) is 5.64. The van der Waals surface area contributed by atoms with Gasteiger partial charge in [0, 0.05) is 48.0 Å². The number of carbonyl (C=O) groups is 1. The zero-order valence-corrected chi connectivity index (χ0v) is 36.3. The van der Waals surface area contributed by atoms with Gasteiger partial charge in [0.15, 0.2) is 23.0 Å². The largest absolute Gasteiger partial charge is 0.504 e. The minimum Gasteiger partial charge on any atom is -0.504 e. The molecule has 0 aliphatic rings. The maximum Gasteiger partial charge on any atom is 0.247 e. The highest BCUT2D eigenvalue weighted by Crippen LogP contribution is 2.28. The number of aromatic nitrogens is 4. The summed E-state index contributed by atoms with van der Waals surface area (Å²) in [5, 5.41) is 52.2. The summed E-state index contributed by atoms with van der Waals surface area (Å²) >= 11 is 0. The van der Waals surface area contributed by atoms with Gasteiger partial charge in [-0.1, -0.05) is 121 Å². The van der Waals surface area contributed by atoms with Crippen LogP contribution in [0.25, 0.3) is 45.0 Å². The third-order valence-electron chi connectivity index (χ3n) is 8.83. The van der Waals surface area contributed by atoms with E-state index in [1.807, 2.05) is 133 Å². The molecule has 65 heavy (non-hydrogen) atoms. The molecule has 0 aliphatic carbocycles. The van der Waals surface area contributed by atoms with Crippen LogP contribution in [0.15, 0.2) is 175 Å². The number of carbonyl (C=O) groups excluding carboxylic acids is 1. The molecule has 0 fully saturated rings. The standard InChI is InChI=1S/C24H20N4O2.C17H16N4.C7H6O3.C3H8O/c1-28(25-16-17-12-13-22(29)23(30)14-17)24-26-20(18-8-4-2-5-9-18)15-21(27-24)19-10-6-3-7-11-19;1-21(18)17-19-15(13-8-4-2-5-9-13)12-16(20-17)14-10-6-3-7-11-14;8-4-5-1-2-6(9)7(10)3-5;1-3(2)4/h2-16,29-30H,1H3;2-12H,18H2,1H3;1-4,9-10H;3-4H,1-2H3/b25-16-;;;. The van der Waals surface area contributed by atoms with Crippen molar-refractivity contribution in [3.8, 4) is 68.0 Å². The summed E-state index contributed by atoms with van der Waals surface area (Å²) < 4.78 is 0. The number of phenolic OH excluding ortho intramolecular Hbond substituents is 4. The first-order chi connectivity index (χ1) is 31.3. The van der Waals surface area contributed by atoms with Crippen molar-refractivity contribution in [3.05, 3.63) is 181 Å². The highest BCUT2D eigenvalue weighted by atomic mass is 16.3. The molecule has 0 bridgehead atoms. The van der Waals surface area contributed by atoms with Crippen LogP contribution in [0, 0.1) is 0 Å². The van der Waals surface area contributed by atoms with E-state index in [1.54, 1.807) is 45.2 Å². The summed E-state index contributed by atoms with van der Waals surface area (Å²) in [6, 6.07) is 52.2. The summed E-state index contributed by atoms with van der Waals surface area (Å²) in [6.45, 7) is 3.44. The van der Waals surface area contributed by atoms with Gasteiger partial charge >= 0.3 is 0 Å². The second kappa shape index (κ2) is 23.7. The molecular weight excluding hydrogens is 821 g/mol. The molecule has 0 saturated heterocycles. The van der Waals surface area contributed by atoms with E-state index in [4.69, 9.17) is 21.2 Å². The Labute approximate surface area is 377 Å². The highest BCUT2D eigenvalue weighted by Gasteiger charge is 2.12. The smallest absolute Gasteiger partial charge is 0.247 e. The van der Waals surface area contributed by atoms with E-state index in [-0.39, 0.29) is 29.1 Å². The van der Waals surface area contributed by atoms with Crippen molar-refractivity contribution in [2.75, 3.05) is 24.1 Å². The van der Waals surface area contributed by atoms with Crippen molar-refractivity contribution in [2.24, 2.45) is 10.9 Å². The van der Waals surface area contributed by atoms with Gasteiger partial charge in [0.05, 0.1) is 29.0 Å². The number of aromatic hydroxyl groups is 4. The summed E-state index contributed by atoms with van der Waals surface area (Å²) in [5.74, 6) is 5.89. The maximum atomic E-state index is 10.1.